The molecule has 0 amide bonds. The first kappa shape index (κ1) is 13.0. The van der Waals surface area contributed by atoms with E-state index in [1.165, 1.54) is 44.9 Å². The molecule has 0 aromatic rings. The lowest BCUT2D eigenvalue weighted by Gasteiger charge is -2.60. The van der Waals surface area contributed by atoms with Gasteiger partial charge >= 0.3 is 0 Å². The molecule has 2 aliphatic carbocycles. The minimum Gasteiger partial charge on any atom is -0.375 e. The molecule has 18 heavy (non-hydrogen) atoms. The zero-order valence-corrected chi connectivity index (χ0v) is 12.7. The minimum absolute atomic E-state index is 0.249. The summed E-state index contributed by atoms with van der Waals surface area (Å²) in [6.07, 6.45) is 9.55. The zero-order chi connectivity index (χ0) is 13.0. The van der Waals surface area contributed by atoms with Crippen LogP contribution in [0.15, 0.2) is 0 Å². The fraction of sp³-hybridized carbons (Fsp3) is 1.00. The molecule has 1 heterocycles. The molecular weight excluding hydrogens is 220 g/mol. The molecule has 1 saturated heterocycles. The van der Waals surface area contributed by atoms with E-state index in [-0.39, 0.29) is 5.60 Å². The molecule has 3 aliphatic rings. The molecule has 0 aromatic carbocycles. The highest BCUT2D eigenvalue weighted by molar-refractivity contribution is 5.10. The fourth-order valence-corrected chi connectivity index (χ4v) is 6.14. The average Bonchev–Trinajstić information content (AvgIpc) is 2.73. The van der Waals surface area contributed by atoms with Crippen LogP contribution >= 0.6 is 0 Å². The lowest BCUT2D eigenvalue weighted by atomic mass is 9.45. The van der Waals surface area contributed by atoms with Crippen molar-refractivity contribution in [3.63, 3.8) is 0 Å². The smallest absolute Gasteiger partial charge is 0.0714 e. The Morgan fingerprint density at radius 2 is 1.78 bits per heavy atom. The lowest BCUT2D eigenvalue weighted by Crippen LogP contribution is -2.56. The maximum atomic E-state index is 6.28. The number of hydrogen-bond acceptors (Lipinski definition) is 1. The van der Waals surface area contributed by atoms with Gasteiger partial charge in [0.05, 0.1) is 5.60 Å². The van der Waals surface area contributed by atoms with Crippen LogP contribution in [-0.2, 0) is 4.74 Å². The summed E-state index contributed by atoms with van der Waals surface area (Å²) in [7, 11) is 0. The molecule has 0 N–H and O–H groups in total. The lowest BCUT2D eigenvalue weighted by molar-refractivity contribution is -0.156. The van der Waals surface area contributed by atoms with E-state index in [0.29, 0.717) is 10.8 Å². The Hall–Kier alpha value is -0.0400. The van der Waals surface area contributed by atoms with Crippen molar-refractivity contribution in [2.24, 2.45) is 22.7 Å². The van der Waals surface area contributed by atoms with Crippen molar-refractivity contribution in [2.75, 3.05) is 6.61 Å². The summed E-state index contributed by atoms with van der Waals surface area (Å²) in [6, 6.07) is 0. The highest BCUT2D eigenvalue weighted by Crippen LogP contribution is 2.65. The first-order valence-electron chi connectivity index (χ1n) is 8.09. The topological polar surface area (TPSA) is 9.23 Å². The number of hydrogen-bond donors (Lipinski definition) is 0. The zero-order valence-electron chi connectivity index (χ0n) is 12.7. The van der Waals surface area contributed by atoms with E-state index in [1.54, 1.807) is 0 Å². The Morgan fingerprint density at radius 3 is 2.50 bits per heavy atom. The molecular formula is C17H30O. The minimum atomic E-state index is 0.249. The van der Waals surface area contributed by atoms with Crippen LogP contribution in [-0.4, -0.2) is 12.2 Å². The van der Waals surface area contributed by atoms with Gasteiger partial charge in [-0.15, -0.1) is 0 Å². The number of rotatable bonds is 1. The van der Waals surface area contributed by atoms with Crippen molar-refractivity contribution in [1.82, 2.24) is 0 Å². The Balaban J connectivity index is 1.98. The van der Waals surface area contributed by atoms with Crippen molar-refractivity contribution in [3.05, 3.63) is 0 Å². The van der Waals surface area contributed by atoms with E-state index in [0.717, 1.165) is 18.4 Å². The van der Waals surface area contributed by atoms with Crippen LogP contribution in [0.4, 0.5) is 0 Å². The molecule has 104 valence electrons. The van der Waals surface area contributed by atoms with E-state index in [9.17, 15) is 0 Å². The highest BCUT2D eigenvalue weighted by Gasteiger charge is 2.61. The second kappa shape index (κ2) is 3.98. The van der Waals surface area contributed by atoms with Crippen LogP contribution in [0.25, 0.3) is 0 Å². The fourth-order valence-electron chi connectivity index (χ4n) is 6.14. The molecule has 0 aromatic heterocycles. The maximum absolute atomic E-state index is 6.28. The van der Waals surface area contributed by atoms with Crippen LogP contribution in [0.3, 0.4) is 0 Å². The van der Waals surface area contributed by atoms with Crippen molar-refractivity contribution in [1.29, 1.82) is 0 Å². The molecule has 0 radical (unpaired) electrons. The van der Waals surface area contributed by atoms with Gasteiger partial charge in [-0.1, -0.05) is 34.1 Å². The van der Waals surface area contributed by atoms with Gasteiger partial charge in [0.1, 0.15) is 0 Å². The second-order valence-electron chi connectivity index (χ2n) is 8.05. The molecule has 1 unspecified atom stereocenters. The van der Waals surface area contributed by atoms with E-state index < -0.39 is 0 Å². The Morgan fingerprint density at radius 1 is 1.00 bits per heavy atom. The first-order valence-corrected chi connectivity index (χ1v) is 8.09. The van der Waals surface area contributed by atoms with E-state index in [1.807, 2.05) is 0 Å². The van der Waals surface area contributed by atoms with Gasteiger partial charge in [0, 0.05) is 6.61 Å². The third kappa shape index (κ3) is 1.55. The molecule has 3 fully saturated rings. The largest absolute Gasteiger partial charge is 0.375 e. The van der Waals surface area contributed by atoms with Crippen LogP contribution in [0.1, 0.15) is 72.6 Å². The summed E-state index contributed by atoms with van der Waals surface area (Å²) in [6.45, 7) is 11.0. The van der Waals surface area contributed by atoms with Crippen molar-refractivity contribution < 1.29 is 4.74 Å². The standard InChI is InChI=1S/C17H30O/c1-5-17-11-7-13-15(2,3)9-6-10-16(13,4)14(17)8-12-18-17/h13-14H,5-12H2,1-4H3/t13-,14?,16-,17+/m0/s1. The summed E-state index contributed by atoms with van der Waals surface area (Å²) in [5, 5.41) is 0. The molecule has 1 nitrogen and oxygen atoms in total. The van der Waals surface area contributed by atoms with Gasteiger partial charge in [-0.2, -0.15) is 0 Å². The third-order valence-corrected chi connectivity index (χ3v) is 6.96. The SMILES string of the molecule is CC[C@@]12CC[C@H]3C(C)(C)CCC[C@]3(C)C1CCO2. The maximum Gasteiger partial charge on any atom is 0.0714 e. The molecule has 2 saturated carbocycles. The second-order valence-corrected chi connectivity index (χ2v) is 8.05. The average molecular weight is 250 g/mol. The van der Waals surface area contributed by atoms with E-state index >= 15 is 0 Å². The number of ether oxygens (including phenoxy) is 1. The molecule has 4 atom stereocenters. The Labute approximate surface area is 113 Å². The Kier molecular flexibility index (Phi) is 2.86. The molecule has 0 spiro atoms. The summed E-state index contributed by atoms with van der Waals surface area (Å²) in [5.41, 5.74) is 1.35. The van der Waals surface area contributed by atoms with Gasteiger partial charge in [-0.25, -0.2) is 0 Å². The molecule has 3 rings (SSSR count). The first-order chi connectivity index (χ1) is 8.45. The van der Waals surface area contributed by atoms with Gasteiger partial charge in [-0.05, 0) is 61.2 Å². The van der Waals surface area contributed by atoms with Crippen LogP contribution < -0.4 is 0 Å². The van der Waals surface area contributed by atoms with Gasteiger partial charge in [0.2, 0.25) is 0 Å². The van der Waals surface area contributed by atoms with Crippen LogP contribution in [0, 0.1) is 22.7 Å². The quantitative estimate of drug-likeness (QED) is 0.649. The highest BCUT2D eigenvalue weighted by atomic mass is 16.5. The summed E-state index contributed by atoms with van der Waals surface area (Å²) in [5.74, 6) is 1.75. The van der Waals surface area contributed by atoms with Gasteiger partial charge in [0.15, 0.2) is 0 Å². The monoisotopic (exact) mass is 250 g/mol. The van der Waals surface area contributed by atoms with E-state index in [4.69, 9.17) is 4.74 Å². The third-order valence-electron chi connectivity index (χ3n) is 6.96. The number of fused-ring (bicyclic) bond motifs is 3. The predicted molar refractivity (Wildman–Crippen MR) is 75.5 cm³/mol. The van der Waals surface area contributed by atoms with Gasteiger partial charge < -0.3 is 4.74 Å². The van der Waals surface area contributed by atoms with Crippen LogP contribution in [0.2, 0.25) is 0 Å². The van der Waals surface area contributed by atoms with Gasteiger partial charge in [0.25, 0.3) is 0 Å². The Bertz CT molecular complexity index is 335. The predicted octanol–water partition coefficient (Wildman–Crippen LogP) is 4.80. The molecule has 0 bridgehead atoms. The molecule has 1 heteroatoms. The van der Waals surface area contributed by atoms with Crippen LogP contribution in [0.5, 0.6) is 0 Å². The van der Waals surface area contributed by atoms with Crippen molar-refractivity contribution in [2.45, 2.75) is 78.2 Å². The van der Waals surface area contributed by atoms with E-state index in [2.05, 4.69) is 27.7 Å². The van der Waals surface area contributed by atoms with Crippen molar-refractivity contribution in [3.8, 4) is 0 Å². The summed E-state index contributed by atoms with van der Waals surface area (Å²) >= 11 is 0. The van der Waals surface area contributed by atoms with Gasteiger partial charge in [-0.3, -0.25) is 0 Å². The summed E-state index contributed by atoms with van der Waals surface area (Å²) < 4.78 is 6.28. The van der Waals surface area contributed by atoms with Crippen molar-refractivity contribution >= 4 is 0 Å². The summed E-state index contributed by atoms with van der Waals surface area (Å²) in [4.78, 5) is 0. The normalized spacial score (nSPS) is 50.7. The molecule has 1 aliphatic heterocycles.